The van der Waals surface area contributed by atoms with Gasteiger partial charge in [-0.15, -0.1) is 0 Å². The predicted octanol–water partition coefficient (Wildman–Crippen LogP) is 3.45. The molecule has 21 heavy (non-hydrogen) atoms. The van der Waals surface area contributed by atoms with E-state index in [0.717, 1.165) is 6.07 Å². The summed E-state index contributed by atoms with van der Waals surface area (Å²) in [5.41, 5.74) is -1.83. The Hall–Kier alpha value is -1.60. The molecular weight excluding hydrogens is 292 g/mol. The largest absolute Gasteiger partial charge is 0.419 e. The van der Waals surface area contributed by atoms with Gasteiger partial charge in [0.2, 0.25) is 7.85 Å². The van der Waals surface area contributed by atoms with Crippen LogP contribution in [0.1, 0.15) is 29.9 Å². The lowest BCUT2D eigenvalue weighted by Crippen LogP contribution is -2.37. The Kier molecular flexibility index (Phi) is 4.25. The highest BCUT2D eigenvalue weighted by Gasteiger charge is 2.39. The van der Waals surface area contributed by atoms with Crippen molar-refractivity contribution < 1.29 is 26.7 Å². The van der Waals surface area contributed by atoms with Crippen molar-refractivity contribution in [2.24, 2.45) is 0 Å². The zero-order valence-corrected chi connectivity index (χ0v) is 10.9. The van der Waals surface area contributed by atoms with Gasteiger partial charge in [0.15, 0.2) is 5.81 Å². The van der Waals surface area contributed by atoms with Crippen LogP contribution in [-0.4, -0.2) is 31.6 Å². The second-order valence-corrected chi connectivity index (χ2v) is 4.95. The van der Waals surface area contributed by atoms with Gasteiger partial charge in [-0.05, 0) is 30.4 Å². The molecule has 0 saturated carbocycles. The Balaban J connectivity index is 2.34. The molecule has 0 aromatic heterocycles. The molecule has 2 rings (SSSR count). The zero-order chi connectivity index (χ0) is 15.8. The zero-order valence-electron chi connectivity index (χ0n) is 10.9. The van der Waals surface area contributed by atoms with E-state index in [-0.39, 0.29) is 32.0 Å². The van der Waals surface area contributed by atoms with E-state index in [1.165, 1.54) is 4.90 Å². The Morgan fingerprint density at radius 1 is 1.19 bits per heavy atom. The summed E-state index contributed by atoms with van der Waals surface area (Å²) in [7, 11) is 5.09. The van der Waals surface area contributed by atoms with Gasteiger partial charge in [-0.1, -0.05) is 0 Å². The van der Waals surface area contributed by atoms with Gasteiger partial charge in [-0.2, -0.15) is 13.2 Å². The first-order chi connectivity index (χ1) is 9.70. The van der Waals surface area contributed by atoms with E-state index in [2.05, 4.69) is 0 Å². The van der Waals surface area contributed by atoms with Crippen molar-refractivity contribution >= 4 is 13.7 Å². The fraction of sp³-hybridized carbons (Fsp3) is 0.462. The van der Waals surface area contributed by atoms with Gasteiger partial charge in [0.05, 0.1) is 5.56 Å². The molecule has 0 aliphatic carbocycles. The molecule has 2 radical (unpaired) electrons. The molecule has 0 N–H and O–H groups in total. The first-order valence-electron chi connectivity index (χ1n) is 6.30. The van der Waals surface area contributed by atoms with Gasteiger partial charge in [-0.25, -0.2) is 8.78 Å². The van der Waals surface area contributed by atoms with E-state index in [1.807, 2.05) is 0 Å². The number of benzene rings is 1. The number of piperidine rings is 1. The molecule has 0 atom stereocenters. The smallest absolute Gasteiger partial charge is 0.353 e. The Bertz CT molecular complexity index is 552. The third kappa shape index (κ3) is 3.36. The normalized spacial score (nSPS) is 17.1. The molecular formula is C13H11BF5NO. The van der Waals surface area contributed by atoms with Crippen molar-refractivity contribution in [2.45, 2.75) is 24.9 Å². The maximum atomic E-state index is 13.5. The van der Waals surface area contributed by atoms with Crippen molar-refractivity contribution in [3.05, 3.63) is 34.9 Å². The average molecular weight is 303 g/mol. The van der Waals surface area contributed by atoms with Crippen molar-refractivity contribution in [3.63, 3.8) is 0 Å². The SMILES string of the molecule is [B]C(=O)N1CCC(c2cc(F)cc(F)c2C(F)(F)F)CC1. The number of halogens is 5. The van der Waals surface area contributed by atoms with Crippen LogP contribution in [0, 0.1) is 11.6 Å². The molecule has 1 aromatic carbocycles. The van der Waals surface area contributed by atoms with Crippen LogP contribution >= 0.6 is 0 Å². The summed E-state index contributed by atoms with van der Waals surface area (Å²) in [6.07, 6.45) is -4.54. The Labute approximate surface area is 119 Å². The second kappa shape index (κ2) is 5.65. The number of alkyl halides is 3. The summed E-state index contributed by atoms with van der Waals surface area (Å²) in [6, 6.07) is 0.946. The summed E-state index contributed by atoms with van der Waals surface area (Å²) >= 11 is 0. The minimum Gasteiger partial charge on any atom is -0.353 e. The third-order valence-electron chi connectivity index (χ3n) is 3.62. The maximum Gasteiger partial charge on any atom is 0.419 e. The number of nitrogens with zero attached hydrogens (tertiary/aromatic N) is 1. The Morgan fingerprint density at radius 2 is 1.76 bits per heavy atom. The first-order valence-corrected chi connectivity index (χ1v) is 6.30. The highest BCUT2D eigenvalue weighted by atomic mass is 19.4. The summed E-state index contributed by atoms with van der Waals surface area (Å²) in [5, 5.41) is 0. The van der Waals surface area contributed by atoms with Gasteiger partial charge in [0.25, 0.3) is 0 Å². The van der Waals surface area contributed by atoms with E-state index in [0.29, 0.717) is 0 Å². The number of hydrogen-bond acceptors (Lipinski definition) is 1. The summed E-state index contributed by atoms with van der Waals surface area (Å²) in [4.78, 5) is 12.3. The third-order valence-corrected chi connectivity index (χ3v) is 3.62. The summed E-state index contributed by atoms with van der Waals surface area (Å²) in [6.45, 7) is 0.324. The number of likely N-dealkylation sites (tertiary alicyclic amines) is 1. The van der Waals surface area contributed by atoms with Crippen LogP contribution < -0.4 is 0 Å². The van der Waals surface area contributed by atoms with Crippen LogP contribution in [-0.2, 0) is 6.18 Å². The molecule has 1 aliphatic heterocycles. The maximum absolute atomic E-state index is 13.5. The molecule has 0 bridgehead atoms. The van der Waals surface area contributed by atoms with Crippen LogP contribution in [0.25, 0.3) is 0 Å². The monoisotopic (exact) mass is 303 g/mol. The minimum absolute atomic E-state index is 0.162. The van der Waals surface area contributed by atoms with Crippen LogP contribution in [0.15, 0.2) is 12.1 Å². The molecule has 1 heterocycles. The number of carbonyl (C=O) groups excluding carboxylic acids is 1. The summed E-state index contributed by atoms with van der Waals surface area (Å²) < 4.78 is 65.6. The quantitative estimate of drug-likeness (QED) is 0.575. The van der Waals surface area contributed by atoms with E-state index >= 15 is 0 Å². The fourth-order valence-electron chi connectivity index (χ4n) is 2.63. The van der Waals surface area contributed by atoms with Gasteiger partial charge in [0, 0.05) is 19.2 Å². The van der Waals surface area contributed by atoms with E-state index in [1.54, 1.807) is 0 Å². The topological polar surface area (TPSA) is 20.3 Å². The molecule has 1 saturated heterocycles. The average Bonchev–Trinajstić information content (AvgIpc) is 2.36. The van der Waals surface area contributed by atoms with Crippen molar-refractivity contribution in [2.75, 3.05) is 13.1 Å². The molecule has 112 valence electrons. The number of hydrogen-bond donors (Lipinski definition) is 0. The fourth-order valence-corrected chi connectivity index (χ4v) is 2.63. The van der Waals surface area contributed by atoms with E-state index in [9.17, 15) is 26.7 Å². The highest BCUT2D eigenvalue weighted by molar-refractivity contribution is 6.56. The lowest BCUT2D eigenvalue weighted by molar-refractivity contribution is -0.141. The van der Waals surface area contributed by atoms with Crippen LogP contribution in [0.3, 0.4) is 0 Å². The van der Waals surface area contributed by atoms with Crippen molar-refractivity contribution in [3.8, 4) is 0 Å². The predicted molar refractivity (Wildman–Crippen MR) is 66.1 cm³/mol. The standard InChI is InChI=1S/C13H11BF5NO/c14-12(21)20-3-1-7(2-4-20)9-5-8(15)6-10(16)11(9)13(17,18)19/h5-7H,1-4H2. The number of rotatable bonds is 1. The molecule has 0 spiro atoms. The Morgan fingerprint density at radius 3 is 2.24 bits per heavy atom. The van der Waals surface area contributed by atoms with Gasteiger partial charge < -0.3 is 4.90 Å². The lowest BCUT2D eigenvalue weighted by atomic mass is 9.85. The molecule has 1 fully saturated rings. The molecule has 8 heteroatoms. The number of amides is 1. The van der Waals surface area contributed by atoms with Crippen molar-refractivity contribution in [1.29, 1.82) is 0 Å². The van der Waals surface area contributed by atoms with Crippen molar-refractivity contribution in [1.82, 2.24) is 4.90 Å². The molecule has 2 nitrogen and oxygen atoms in total. The van der Waals surface area contributed by atoms with Gasteiger partial charge >= 0.3 is 6.18 Å². The van der Waals surface area contributed by atoms with Crippen LogP contribution in [0.2, 0.25) is 0 Å². The molecule has 1 aromatic rings. The van der Waals surface area contributed by atoms with E-state index < -0.39 is 40.7 Å². The van der Waals surface area contributed by atoms with Gasteiger partial charge in [-0.3, -0.25) is 4.79 Å². The van der Waals surface area contributed by atoms with E-state index in [4.69, 9.17) is 7.85 Å². The lowest BCUT2D eigenvalue weighted by Gasteiger charge is -2.33. The number of carbonyl (C=O) groups is 1. The first kappa shape index (κ1) is 15.8. The van der Waals surface area contributed by atoms with Crippen LogP contribution in [0.5, 0.6) is 0 Å². The summed E-state index contributed by atoms with van der Waals surface area (Å²) in [5.74, 6) is -3.99. The minimum atomic E-state index is -4.89. The van der Waals surface area contributed by atoms with Gasteiger partial charge in [0.1, 0.15) is 11.6 Å². The van der Waals surface area contributed by atoms with Crippen LogP contribution in [0.4, 0.5) is 26.7 Å². The molecule has 1 aliphatic rings. The second-order valence-electron chi connectivity index (χ2n) is 4.95. The molecule has 1 amide bonds. The highest BCUT2D eigenvalue weighted by Crippen LogP contribution is 2.40. The molecule has 0 unspecified atom stereocenters.